The van der Waals surface area contributed by atoms with E-state index in [1.807, 2.05) is 41.3 Å². The summed E-state index contributed by atoms with van der Waals surface area (Å²) < 4.78 is 0. The Kier molecular flexibility index (Phi) is 4.13. The third-order valence-electron chi connectivity index (χ3n) is 6.53. The first-order valence-electron chi connectivity index (χ1n) is 9.89. The predicted octanol–water partition coefficient (Wildman–Crippen LogP) is 3.23. The van der Waals surface area contributed by atoms with Gasteiger partial charge in [-0.05, 0) is 43.4 Å². The monoisotopic (exact) mass is 373 g/mol. The van der Waals surface area contributed by atoms with Gasteiger partial charge in [-0.2, -0.15) is 0 Å². The maximum Gasteiger partial charge on any atom is 0.256 e. The van der Waals surface area contributed by atoms with Crippen molar-refractivity contribution in [2.24, 2.45) is 5.41 Å². The van der Waals surface area contributed by atoms with Crippen LogP contribution in [0.3, 0.4) is 0 Å². The van der Waals surface area contributed by atoms with Gasteiger partial charge in [0.15, 0.2) is 0 Å². The van der Waals surface area contributed by atoms with Crippen LogP contribution in [0.1, 0.15) is 35.2 Å². The van der Waals surface area contributed by atoms with Crippen molar-refractivity contribution in [1.82, 2.24) is 14.9 Å². The van der Waals surface area contributed by atoms with Crippen LogP contribution in [0, 0.1) is 5.41 Å². The SMILES string of the molecule is O=C(c1cccc2nccnc12)N1[C@@H]2CC[C@H]1[C@](CO)(Cc1ccccc1)C2. The van der Waals surface area contributed by atoms with Gasteiger partial charge in [-0.1, -0.05) is 36.4 Å². The number of hydrogen-bond donors (Lipinski definition) is 1. The molecule has 3 atom stereocenters. The molecule has 0 spiro atoms. The largest absolute Gasteiger partial charge is 0.396 e. The minimum atomic E-state index is -0.268. The molecule has 2 aliphatic heterocycles. The van der Waals surface area contributed by atoms with E-state index in [0.717, 1.165) is 31.2 Å². The van der Waals surface area contributed by atoms with E-state index in [9.17, 15) is 9.90 Å². The highest BCUT2D eigenvalue weighted by Gasteiger charge is 2.57. The Morgan fingerprint density at radius 2 is 1.89 bits per heavy atom. The highest BCUT2D eigenvalue weighted by Crippen LogP contribution is 2.51. The van der Waals surface area contributed by atoms with Crippen molar-refractivity contribution >= 4 is 16.9 Å². The summed E-state index contributed by atoms with van der Waals surface area (Å²) in [6.07, 6.45) is 6.87. The zero-order chi connectivity index (χ0) is 19.1. The molecule has 5 nitrogen and oxygen atoms in total. The number of carbonyl (C=O) groups excluding carboxylic acids is 1. The number of rotatable bonds is 4. The Balaban J connectivity index is 1.50. The summed E-state index contributed by atoms with van der Waals surface area (Å²) in [7, 11) is 0. The fourth-order valence-electron chi connectivity index (χ4n) is 5.32. The molecule has 3 heterocycles. The third-order valence-corrected chi connectivity index (χ3v) is 6.53. The molecule has 2 fully saturated rings. The topological polar surface area (TPSA) is 66.3 Å². The van der Waals surface area contributed by atoms with Crippen LogP contribution in [0.5, 0.6) is 0 Å². The van der Waals surface area contributed by atoms with Gasteiger partial charge in [0.1, 0.15) is 5.52 Å². The van der Waals surface area contributed by atoms with E-state index in [2.05, 4.69) is 22.1 Å². The summed E-state index contributed by atoms with van der Waals surface area (Å²) in [5.74, 6) is 0.0157. The molecule has 2 saturated heterocycles. The van der Waals surface area contributed by atoms with Gasteiger partial charge in [-0.15, -0.1) is 0 Å². The van der Waals surface area contributed by atoms with Crippen molar-refractivity contribution in [2.75, 3.05) is 6.61 Å². The van der Waals surface area contributed by atoms with Crippen molar-refractivity contribution in [1.29, 1.82) is 0 Å². The molecule has 5 rings (SSSR count). The summed E-state index contributed by atoms with van der Waals surface area (Å²) in [5.41, 5.74) is 2.94. The van der Waals surface area contributed by atoms with Crippen molar-refractivity contribution < 1.29 is 9.90 Å². The molecule has 0 aliphatic carbocycles. The number of aliphatic hydroxyl groups excluding tert-OH is 1. The molecular formula is C23H23N3O2. The molecule has 1 N–H and O–H groups in total. The third kappa shape index (κ3) is 2.61. The summed E-state index contributed by atoms with van der Waals surface area (Å²) in [6.45, 7) is 0.0994. The number of benzene rings is 2. The van der Waals surface area contributed by atoms with Gasteiger partial charge in [0.2, 0.25) is 0 Å². The molecule has 5 heteroatoms. The van der Waals surface area contributed by atoms with Crippen LogP contribution >= 0.6 is 0 Å². The number of para-hydroxylation sites is 1. The average Bonchev–Trinajstić information content (AvgIpc) is 3.30. The van der Waals surface area contributed by atoms with Crippen molar-refractivity contribution in [3.8, 4) is 0 Å². The fraction of sp³-hybridized carbons (Fsp3) is 0.348. The Morgan fingerprint density at radius 3 is 2.71 bits per heavy atom. The lowest BCUT2D eigenvalue weighted by Gasteiger charge is -2.36. The number of fused-ring (bicyclic) bond motifs is 3. The van der Waals surface area contributed by atoms with Gasteiger partial charge >= 0.3 is 0 Å². The van der Waals surface area contributed by atoms with Crippen LogP contribution in [0.4, 0.5) is 0 Å². The molecule has 3 aromatic rings. The molecule has 1 aromatic heterocycles. The molecular weight excluding hydrogens is 350 g/mol. The van der Waals surface area contributed by atoms with Gasteiger partial charge in [0.25, 0.3) is 5.91 Å². The van der Waals surface area contributed by atoms with Gasteiger partial charge in [-0.25, -0.2) is 0 Å². The number of aliphatic hydroxyl groups is 1. The van der Waals surface area contributed by atoms with E-state index in [1.54, 1.807) is 12.4 Å². The minimum Gasteiger partial charge on any atom is -0.396 e. The molecule has 2 aliphatic rings. The molecule has 2 aromatic carbocycles. The molecule has 2 bridgehead atoms. The molecule has 1 amide bonds. The summed E-state index contributed by atoms with van der Waals surface area (Å²) in [5, 5.41) is 10.4. The minimum absolute atomic E-state index is 0.0157. The van der Waals surface area contributed by atoms with Crippen molar-refractivity contribution in [3.63, 3.8) is 0 Å². The molecule has 0 radical (unpaired) electrons. The Labute approximate surface area is 164 Å². The van der Waals surface area contributed by atoms with Crippen LogP contribution in [-0.2, 0) is 6.42 Å². The first-order valence-corrected chi connectivity index (χ1v) is 9.89. The highest BCUT2D eigenvalue weighted by atomic mass is 16.3. The lowest BCUT2D eigenvalue weighted by atomic mass is 9.70. The Bertz CT molecular complexity index is 1020. The van der Waals surface area contributed by atoms with Crippen LogP contribution in [-0.4, -0.2) is 44.6 Å². The Hall–Kier alpha value is -2.79. The Morgan fingerprint density at radius 1 is 1.07 bits per heavy atom. The molecule has 0 saturated carbocycles. The highest BCUT2D eigenvalue weighted by molar-refractivity contribution is 6.05. The molecule has 142 valence electrons. The number of aromatic nitrogens is 2. The van der Waals surface area contributed by atoms with Crippen LogP contribution in [0.2, 0.25) is 0 Å². The fourth-order valence-corrected chi connectivity index (χ4v) is 5.32. The summed E-state index contributed by atoms with van der Waals surface area (Å²) in [6, 6.07) is 16.1. The van der Waals surface area contributed by atoms with E-state index in [0.29, 0.717) is 11.1 Å². The molecule has 0 unspecified atom stereocenters. The van der Waals surface area contributed by atoms with Crippen LogP contribution in [0.15, 0.2) is 60.9 Å². The van der Waals surface area contributed by atoms with E-state index < -0.39 is 0 Å². The molecule has 28 heavy (non-hydrogen) atoms. The van der Waals surface area contributed by atoms with Gasteiger partial charge in [0.05, 0.1) is 17.7 Å². The standard InChI is InChI=1S/C23H23N3O2/c27-15-23(13-16-5-2-1-3-6-16)14-17-9-10-20(23)26(17)22(28)18-7-4-8-19-21(18)25-12-11-24-19/h1-8,11-12,17,20,27H,9-10,13-15H2/t17-,20+,23-/m1/s1. The smallest absolute Gasteiger partial charge is 0.256 e. The number of amides is 1. The van der Waals surface area contributed by atoms with E-state index in [1.165, 1.54) is 5.56 Å². The van der Waals surface area contributed by atoms with Gasteiger partial charge in [0, 0.05) is 29.9 Å². The zero-order valence-electron chi connectivity index (χ0n) is 15.7. The van der Waals surface area contributed by atoms with Gasteiger partial charge in [-0.3, -0.25) is 14.8 Å². The summed E-state index contributed by atoms with van der Waals surface area (Å²) >= 11 is 0. The predicted molar refractivity (Wildman–Crippen MR) is 107 cm³/mol. The first-order chi connectivity index (χ1) is 13.7. The first kappa shape index (κ1) is 17.3. The van der Waals surface area contributed by atoms with E-state index >= 15 is 0 Å². The van der Waals surface area contributed by atoms with Crippen molar-refractivity contribution in [3.05, 3.63) is 72.1 Å². The lowest BCUT2D eigenvalue weighted by molar-refractivity contribution is 0.0572. The number of carbonyl (C=O) groups is 1. The zero-order valence-corrected chi connectivity index (χ0v) is 15.7. The average molecular weight is 373 g/mol. The van der Waals surface area contributed by atoms with Crippen LogP contribution < -0.4 is 0 Å². The second-order valence-electron chi connectivity index (χ2n) is 8.08. The maximum atomic E-state index is 13.6. The summed E-state index contributed by atoms with van der Waals surface area (Å²) in [4.78, 5) is 24.3. The van der Waals surface area contributed by atoms with Gasteiger partial charge < -0.3 is 10.0 Å². The maximum absolute atomic E-state index is 13.6. The lowest BCUT2D eigenvalue weighted by Crippen LogP contribution is -2.44. The van der Waals surface area contributed by atoms with Crippen molar-refractivity contribution in [2.45, 2.75) is 37.8 Å². The second-order valence-corrected chi connectivity index (χ2v) is 8.08. The number of hydrogen-bond acceptors (Lipinski definition) is 4. The second kappa shape index (κ2) is 6.67. The number of nitrogens with zero attached hydrogens (tertiary/aromatic N) is 3. The van der Waals surface area contributed by atoms with Crippen LogP contribution in [0.25, 0.3) is 11.0 Å². The quantitative estimate of drug-likeness (QED) is 0.763. The van der Waals surface area contributed by atoms with E-state index in [-0.39, 0.29) is 30.0 Å². The normalized spacial score (nSPS) is 26.1. The van der Waals surface area contributed by atoms with E-state index in [4.69, 9.17) is 0 Å².